The van der Waals surface area contributed by atoms with Gasteiger partial charge in [-0.3, -0.25) is 0 Å². The minimum atomic E-state index is 0.157. The molecule has 0 aliphatic heterocycles. The van der Waals surface area contributed by atoms with Gasteiger partial charge in [-0.05, 0) is 41.5 Å². The van der Waals surface area contributed by atoms with Crippen LogP contribution in [0.25, 0.3) is 10.9 Å². The molecular formula is C13H18N2. The minimum absolute atomic E-state index is 0.157. The molecule has 0 bridgehead atoms. The van der Waals surface area contributed by atoms with Gasteiger partial charge in [0.2, 0.25) is 0 Å². The Morgan fingerprint density at radius 3 is 2.80 bits per heavy atom. The van der Waals surface area contributed by atoms with Gasteiger partial charge in [-0.15, -0.1) is 0 Å². The molecule has 3 N–H and O–H groups in total. The summed E-state index contributed by atoms with van der Waals surface area (Å²) in [6.07, 6.45) is 3.00. The molecule has 2 rings (SSSR count). The van der Waals surface area contributed by atoms with Gasteiger partial charge in [0.25, 0.3) is 0 Å². The second-order valence-electron chi connectivity index (χ2n) is 4.56. The maximum atomic E-state index is 6.15. The van der Waals surface area contributed by atoms with E-state index >= 15 is 0 Å². The fourth-order valence-corrected chi connectivity index (χ4v) is 1.95. The molecule has 1 atom stereocenters. The lowest BCUT2D eigenvalue weighted by Gasteiger charge is -2.14. The summed E-state index contributed by atoms with van der Waals surface area (Å²) in [7, 11) is 0. The summed E-state index contributed by atoms with van der Waals surface area (Å²) in [5.74, 6) is 0.641. The number of aromatic nitrogens is 1. The Morgan fingerprint density at radius 1 is 1.27 bits per heavy atom. The van der Waals surface area contributed by atoms with E-state index in [1.165, 1.54) is 16.5 Å². The van der Waals surface area contributed by atoms with Crippen molar-refractivity contribution in [2.75, 3.05) is 0 Å². The van der Waals surface area contributed by atoms with Gasteiger partial charge in [-0.25, -0.2) is 0 Å². The Balaban J connectivity index is 2.27. The zero-order valence-corrected chi connectivity index (χ0v) is 9.33. The quantitative estimate of drug-likeness (QED) is 0.788. The highest BCUT2D eigenvalue weighted by atomic mass is 14.7. The third-order valence-corrected chi connectivity index (χ3v) is 2.73. The fourth-order valence-electron chi connectivity index (χ4n) is 1.95. The molecule has 2 heteroatoms. The van der Waals surface area contributed by atoms with E-state index in [-0.39, 0.29) is 6.04 Å². The van der Waals surface area contributed by atoms with Crippen molar-refractivity contribution in [3.63, 3.8) is 0 Å². The Hall–Kier alpha value is -1.28. The van der Waals surface area contributed by atoms with Crippen LogP contribution in [0.15, 0.2) is 30.5 Å². The van der Waals surface area contributed by atoms with Crippen LogP contribution in [0.3, 0.4) is 0 Å². The van der Waals surface area contributed by atoms with Gasteiger partial charge in [0.1, 0.15) is 0 Å². The largest absolute Gasteiger partial charge is 0.361 e. The van der Waals surface area contributed by atoms with Crippen molar-refractivity contribution < 1.29 is 0 Å². The number of aromatic amines is 1. The topological polar surface area (TPSA) is 41.8 Å². The number of H-pyrrole nitrogens is 1. The van der Waals surface area contributed by atoms with Crippen molar-refractivity contribution in [2.45, 2.75) is 26.3 Å². The molecule has 0 amide bonds. The molecule has 0 radical (unpaired) electrons. The summed E-state index contributed by atoms with van der Waals surface area (Å²) in [4.78, 5) is 3.19. The number of nitrogens with one attached hydrogen (secondary N) is 1. The normalized spacial score (nSPS) is 13.6. The summed E-state index contributed by atoms with van der Waals surface area (Å²) in [6.45, 7) is 4.41. The van der Waals surface area contributed by atoms with Crippen LogP contribution in [0, 0.1) is 5.92 Å². The number of fused-ring (bicyclic) bond motifs is 1. The molecule has 0 saturated heterocycles. The standard InChI is InChI=1S/C13H18N2/c1-9(2)7-12(14)10-3-4-13-11(8-10)5-6-15-13/h3-6,8-9,12,15H,7,14H2,1-2H3/t12-/m0/s1. The number of nitrogens with two attached hydrogens (primary N) is 1. The van der Waals surface area contributed by atoms with Crippen LogP contribution in [0.2, 0.25) is 0 Å². The average Bonchev–Trinajstić information content (AvgIpc) is 2.62. The highest BCUT2D eigenvalue weighted by Gasteiger charge is 2.08. The molecule has 1 aromatic heterocycles. The van der Waals surface area contributed by atoms with Crippen LogP contribution >= 0.6 is 0 Å². The van der Waals surface area contributed by atoms with Crippen molar-refractivity contribution in [3.8, 4) is 0 Å². The molecule has 80 valence electrons. The molecule has 0 aliphatic rings. The first-order valence-electron chi connectivity index (χ1n) is 5.49. The number of hydrogen-bond acceptors (Lipinski definition) is 1. The van der Waals surface area contributed by atoms with Crippen LogP contribution in [-0.2, 0) is 0 Å². The number of rotatable bonds is 3. The van der Waals surface area contributed by atoms with Crippen molar-refractivity contribution >= 4 is 10.9 Å². The second kappa shape index (κ2) is 4.07. The summed E-state index contributed by atoms with van der Waals surface area (Å²) in [5.41, 5.74) is 8.55. The highest BCUT2D eigenvalue weighted by Crippen LogP contribution is 2.22. The molecule has 0 saturated carbocycles. The van der Waals surface area contributed by atoms with E-state index < -0.39 is 0 Å². The van der Waals surface area contributed by atoms with Crippen LogP contribution in [0.5, 0.6) is 0 Å². The summed E-state index contributed by atoms with van der Waals surface area (Å²) < 4.78 is 0. The van der Waals surface area contributed by atoms with Crippen LogP contribution < -0.4 is 5.73 Å². The first kappa shape index (κ1) is 10.2. The molecule has 15 heavy (non-hydrogen) atoms. The molecule has 0 fully saturated rings. The molecule has 1 heterocycles. The van der Waals surface area contributed by atoms with E-state index in [0.717, 1.165) is 6.42 Å². The lowest BCUT2D eigenvalue weighted by molar-refractivity contribution is 0.510. The van der Waals surface area contributed by atoms with Crippen molar-refractivity contribution in [3.05, 3.63) is 36.0 Å². The lowest BCUT2D eigenvalue weighted by atomic mass is 9.97. The van der Waals surface area contributed by atoms with Gasteiger partial charge in [-0.1, -0.05) is 19.9 Å². The summed E-state index contributed by atoms with van der Waals surface area (Å²) in [5, 5.41) is 1.24. The summed E-state index contributed by atoms with van der Waals surface area (Å²) in [6, 6.07) is 8.64. The Labute approximate surface area is 90.5 Å². The molecular weight excluding hydrogens is 184 g/mol. The van der Waals surface area contributed by atoms with E-state index in [1.807, 2.05) is 6.20 Å². The zero-order chi connectivity index (χ0) is 10.8. The minimum Gasteiger partial charge on any atom is -0.361 e. The van der Waals surface area contributed by atoms with E-state index in [2.05, 4.69) is 43.1 Å². The first-order chi connectivity index (χ1) is 7.16. The third-order valence-electron chi connectivity index (χ3n) is 2.73. The second-order valence-corrected chi connectivity index (χ2v) is 4.56. The fraction of sp³-hybridized carbons (Fsp3) is 0.385. The highest BCUT2D eigenvalue weighted by molar-refractivity contribution is 5.80. The van der Waals surface area contributed by atoms with Gasteiger partial charge in [-0.2, -0.15) is 0 Å². The van der Waals surface area contributed by atoms with Crippen molar-refractivity contribution in [1.82, 2.24) is 4.98 Å². The summed E-state index contributed by atoms with van der Waals surface area (Å²) >= 11 is 0. The number of hydrogen-bond donors (Lipinski definition) is 2. The maximum Gasteiger partial charge on any atom is 0.0454 e. The van der Waals surface area contributed by atoms with E-state index in [4.69, 9.17) is 5.73 Å². The van der Waals surface area contributed by atoms with Crippen LogP contribution in [0.4, 0.5) is 0 Å². The monoisotopic (exact) mass is 202 g/mol. The molecule has 0 spiro atoms. The maximum absolute atomic E-state index is 6.15. The van der Waals surface area contributed by atoms with E-state index in [1.54, 1.807) is 0 Å². The molecule has 2 nitrogen and oxygen atoms in total. The SMILES string of the molecule is CC(C)C[C@H](N)c1ccc2[nH]ccc2c1. The molecule has 0 unspecified atom stereocenters. The Bertz CT molecular complexity index is 442. The Morgan fingerprint density at radius 2 is 2.07 bits per heavy atom. The average molecular weight is 202 g/mol. The van der Waals surface area contributed by atoms with E-state index in [9.17, 15) is 0 Å². The van der Waals surface area contributed by atoms with Gasteiger partial charge in [0, 0.05) is 17.8 Å². The van der Waals surface area contributed by atoms with E-state index in [0.29, 0.717) is 5.92 Å². The van der Waals surface area contributed by atoms with Crippen LogP contribution in [-0.4, -0.2) is 4.98 Å². The first-order valence-corrected chi connectivity index (χ1v) is 5.49. The molecule has 2 aromatic rings. The van der Waals surface area contributed by atoms with Gasteiger partial charge < -0.3 is 10.7 Å². The number of benzene rings is 1. The zero-order valence-electron chi connectivity index (χ0n) is 9.33. The molecule has 1 aromatic carbocycles. The smallest absolute Gasteiger partial charge is 0.0454 e. The van der Waals surface area contributed by atoms with Crippen molar-refractivity contribution in [1.29, 1.82) is 0 Å². The van der Waals surface area contributed by atoms with Gasteiger partial charge in [0.15, 0.2) is 0 Å². The lowest BCUT2D eigenvalue weighted by Crippen LogP contribution is -2.12. The third kappa shape index (κ3) is 2.21. The van der Waals surface area contributed by atoms with Gasteiger partial charge in [0.05, 0.1) is 0 Å². The Kier molecular flexibility index (Phi) is 2.78. The predicted octanol–water partition coefficient (Wildman–Crippen LogP) is 3.21. The molecule has 0 aliphatic carbocycles. The van der Waals surface area contributed by atoms with Crippen molar-refractivity contribution in [2.24, 2.45) is 11.7 Å². The van der Waals surface area contributed by atoms with Gasteiger partial charge >= 0.3 is 0 Å². The van der Waals surface area contributed by atoms with Crippen LogP contribution in [0.1, 0.15) is 31.9 Å². The predicted molar refractivity (Wildman–Crippen MR) is 64.7 cm³/mol.